The summed E-state index contributed by atoms with van der Waals surface area (Å²) in [4.78, 5) is 19.6. The number of nitrogens with two attached hydrogens (primary N) is 1. The molecule has 0 aromatic carbocycles. The summed E-state index contributed by atoms with van der Waals surface area (Å²) >= 11 is 0. The second-order valence-electron chi connectivity index (χ2n) is 8.13. The zero-order valence-electron chi connectivity index (χ0n) is 16.2. The van der Waals surface area contributed by atoms with E-state index in [0.717, 1.165) is 37.2 Å². The van der Waals surface area contributed by atoms with Crippen molar-refractivity contribution in [1.82, 2.24) is 25.0 Å². The van der Waals surface area contributed by atoms with Gasteiger partial charge < -0.3 is 16.0 Å². The molecule has 1 saturated carbocycles. The normalized spacial score (nSPS) is 20.2. The van der Waals surface area contributed by atoms with Crippen molar-refractivity contribution in [3.63, 3.8) is 0 Å². The van der Waals surface area contributed by atoms with Crippen LogP contribution in [-0.2, 0) is 7.05 Å². The second kappa shape index (κ2) is 7.84. The van der Waals surface area contributed by atoms with Crippen LogP contribution in [0.4, 0.5) is 5.82 Å². The van der Waals surface area contributed by atoms with Gasteiger partial charge in [-0.05, 0) is 43.7 Å². The summed E-state index contributed by atoms with van der Waals surface area (Å²) < 4.78 is 1.62. The van der Waals surface area contributed by atoms with E-state index in [0.29, 0.717) is 17.2 Å². The zero-order chi connectivity index (χ0) is 18.8. The summed E-state index contributed by atoms with van der Waals surface area (Å²) in [5.74, 6) is 1.20. The molecule has 2 aromatic rings. The number of fused-ring (bicyclic) bond motifs is 1. The Bertz CT molecular complexity index is 802. The van der Waals surface area contributed by atoms with Gasteiger partial charge in [-0.25, -0.2) is 9.67 Å². The number of likely N-dealkylation sites (tertiary alicyclic amines) is 1. The molecule has 0 spiro atoms. The fraction of sp³-hybridized carbons (Fsp3) is 0.650. The van der Waals surface area contributed by atoms with Gasteiger partial charge in [0.1, 0.15) is 5.82 Å². The number of anilines is 1. The first-order chi connectivity index (χ1) is 13.1. The topological polar surface area (TPSA) is 89.1 Å². The molecule has 1 aliphatic heterocycles. The average molecular weight is 371 g/mol. The number of rotatable bonds is 4. The van der Waals surface area contributed by atoms with Gasteiger partial charge in [0, 0.05) is 32.7 Å². The van der Waals surface area contributed by atoms with Gasteiger partial charge in [-0.2, -0.15) is 5.10 Å². The number of nitrogens with zero attached hydrogens (tertiary/aromatic N) is 4. The van der Waals surface area contributed by atoms with E-state index in [9.17, 15) is 4.79 Å². The molecule has 2 aliphatic rings. The molecule has 1 amide bonds. The van der Waals surface area contributed by atoms with Crippen LogP contribution in [0.5, 0.6) is 0 Å². The molecule has 0 bridgehead atoms. The minimum Gasteiger partial charge on any atom is -0.384 e. The van der Waals surface area contributed by atoms with Crippen molar-refractivity contribution in [1.29, 1.82) is 0 Å². The molecule has 1 aliphatic carbocycles. The predicted octanol–water partition coefficient (Wildman–Crippen LogP) is 2.32. The van der Waals surface area contributed by atoms with E-state index in [1.165, 1.54) is 38.6 Å². The minimum absolute atomic E-state index is 0.113. The number of hydrogen-bond donors (Lipinski definition) is 2. The Kier molecular flexibility index (Phi) is 5.29. The monoisotopic (exact) mass is 370 g/mol. The van der Waals surface area contributed by atoms with Gasteiger partial charge >= 0.3 is 0 Å². The number of nitrogen functional groups attached to an aromatic ring is 1. The maximum atomic E-state index is 12.8. The van der Waals surface area contributed by atoms with Crippen LogP contribution in [0.3, 0.4) is 0 Å². The van der Waals surface area contributed by atoms with Gasteiger partial charge in [0.2, 0.25) is 0 Å². The smallest absolute Gasteiger partial charge is 0.272 e. The maximum absolute atomic E-state index is 12.8. The lowest BCUT2D eigenvalue weighted by atomic mass is 9.88. The van der Waals surface area contributed by atoms with Crippen LogP contribution < -0.4 is 11.1 Å². The van der Waals surface area contributed by atoms with Crippen LogP contribution in [-0.4, -0.2) is 51.2 Å². The highest BCUT2D eigenvalue weighted by Gasteiger charge is 2.25. The number of aromatic nitrogens is 3. The third-order valence-electron chi connectivity index (χ3n) is 6.09. The fourth-order valence-electron chi connectivity index (χ4n) is 4.56. The Labute approximate surface area is 160 Å². The molecule has 0 atom stereocenters. The lowest BCUT2D eigenvalue weighted by Crippen LogP contribution is -2.46. The maximum Gasteiger partial charge on any atom is 0.272 e. The highest BCUT2D eigenvalue weighted by molar-refractivity contribution is 6.04. The van der Waals surface area contributed by atoms with Crippen molar-refractivity contribution in [2.45, 2.75) is 51.0 Å². The van der Waals surface area contributed by atoms with Gasteiger partial charge in [-0.15, -0.1) is 0 Å². The van der Waals surface area contributed by atoms with E-state index in [1.807, 2.05) is 6.07 Å². The summed E-state index contributed by atoms with van der Waals surface area (Å²) in [6, 6.07) is 3.76. The summed E-state index contributed by atoms with van der Waals surface area (Å²) in [6.07, 6.45) is 9.01. The Morgan fingerprint density at radius 2 is 1.93 bits per heavy atom. The van der Waals surface area contributed by atoms with Crippen LogP contribution >= 0.6 is 0 Å². The number of piperidine rings is 1. The summed E-state index contributed by atoms with van der Waals surface area (Å²) in [5, 5.41) is 8.29. The number of aryl methyl sites for hydroxylation is 1. The molecule has 0 unspecified atom stereocenters. The average Bonchev–Trinajstić information content (AvgIpc) is 3.00. The Morgan fingerprint density at radius 1 is 1.19 bits per heavy atom. The quantitative estimate of drug-likeness (QED) is 0.862. The molecule has 2 aromatic heterocycles. The summed E-state index contributed by atoms with van der Waals surface area (Å²) in [7, 11) is 1.79. The molecule has 7 nitrogen and oxygen atoms in total. The zero-order valence-corrected chi connectivity index (χ0v) is 16.2. The van der Waals surface area contributed by atoms with E-state index in [-0.39, 0.29) is 11.9 Å². The Balaban J connectivity index is 1.33. The molecular formula is C20H30N6O. The van der Waals surface area contributed by atoms with Gasteiger partial charge in [0.05, 0.1) is 5.39 Å². The molecule has 3 heterocycles. The van der Waals surface area contributed by atoms with Crippen LogP contribution in [0.2, 0.25) is 0 Å². The number of carbonyl (C=O) groups is 1. The van der Waals surface area contributed by atoms with E-state index in [2.05, 4.69) is 20.3 Å². The molecule has 146 valence electrons. The van der Waals surface area contributed by atoms with Crippen molar-refractivity contribution >= 4 is 22.8 Å². The first-order valence-corrected chi connectivity index (χ1v) is 10.2. The third-order valence-corrected chi connectivity index (χ3v) is 6.09. The van der Waals surface area contributed by atoms with Crippen LogP contribution in [0.1, 0.15) is 55.4 Å². The molecular weight excluding hydrogens is 340 g/mol. The lowest BCUT2D eigenvalue weighted by molar-refractivity contribution is 0.0897. The minimum atomic E-state index is -0.113. The Morgan fingerprint density at radius 3 is 2.67 bits per heavy atom. The van der Waals surface area contributed by atoms with Crippen molar-refractivity contribution in [2.75, 3.05) is 25.4 Å². The molecule has 27 heavy (non-hydrogen) atoms. The first-order valence-electron chi connectivity index (χ1n) is 10.2. The molecule has 2 fully saturated rings. The second-order valence-corrected chi connectivity index (χ2v) is 8.13. The summed E-state index contributed by atoms with van der Waals surface area (Å²) in [5.41, 5.74) is 6.83. The molecule has 4 rings (SSSR count). The largest absolute Gasteiger partial charge is 0.384 e. The predicted molar refractivity (Wildman–Crippen MR) is 106 cm³/mol. The van der Waals surface area contributed by atoms with Gasteiger partial charge in [-0.3, -0.25) is 4.79 Å². The van der Waals surface area contributed by atoms with Gasteiger partial charge in [0.15, 0.2) is 11.3 Å². The van der Waals surface area contributed by atoms with Crippen molar-refractivity contribution < 1.29 is 4.79 Å². The van der Waals surface area contributed by atoms with Crippen molar-refractivity contribution in [3.8, 4) is 0 Å². The van der Waals surface area contributed by atoms with Crippen LogP contribution in [0.25, 0.3) is 11.0 Å². The van der Waals surface area contributed by atoms with Crippen molar-refractivity contribution in [3.05, 3.63) is 17.8 Å². The van der Waals surface area contributed by atoms with Crippen molar-refractivity contribution in [2.24, 2.45) is 13.0 Å². The van der Waals surface area contributed by atoms with E-state index in [4.69, 9.17) is 5.73 Å². The van der Waals surface area contributed by atoms with E-state index < -0.39 is 0 Å². The fourth-order valence-corrected chi connectivity index (χ4v) is 4.56. The number of pyridine rings is 1. The SMILES string of the molecule is Cn1nc(C(=O)NC2CCN(CC3CCCCC3)CC2)c2ccc(N)nc21. The highest BCUT2D eigenvalue weighted by atomic mass is 16.2. The van der Waals surface area contributed by atoms with Crippen LogP contribution in [0, 0.1) is 5.92 Å². The highest BCUT2D eigenvalue weighted by Crippen LogP contribution is 2.25. The number of hydrogen-bond acceptors (Lipinski definition) is 5. The standard InChI is InChI=1S/C20H30N6O/c1-25-19-16(7-8-17(21)23-19)18(24-25)20(27)22-15-9-11-26(12-10-15)13-14-5-3-2-4-6-14/h7-8,14-15H,2-6,9-13H2,1H3,(H2,21,23)(H,22,27). The number of amides is 1. The molecule has 0 radical (unpaired) electrons. The van der Waals surface area contributed by atoms with Crippen LogP contribution in [0.15, 0.2) is 12.1 Å². The summed E-state index contributed by atoms with van der Waals surface area (Å²) in [6.45, 7) is 3.38. The first kappa shape index (κ1) is 18.2. The molecule has 1 saturated heterocycles. The van der Waals surface area contributed by atoms with E-state index >= 15 is 0 Å². The molecule has 3 N–H and O–H groups in total. The number of nitrogens with one attached hydrogen (secondary N) is 1. The molecule has 7 heteroatoms. The lowest BCUT2D eigenvalue weighted by Gasteiger charge is -2.35. The third kappa shape index (κ3) is 4.08. The van der Waals surface area contributed by atoms with E-state index in [1.54, 1.807) is 17.8 Å². The van der Waals surface area contributed by atoms with Gasteiger partial charge in [0.25, 0.3) is 5.91 Å². The Hall–Kier alpha value is -2.15. The van der Waals surface area contributed by atoms with Gasteiger partial charge in [-0.1, -0.05) is 19.3 Å². The number of carbonyl (C=O) groups excluding carboxylic acids is 1.